The van der Waals surface area contributed by atoms with E-state index in [4.69, 9.17) is 4.98 Å². The van der Waals surface area contributed by atoms with E-state index in [1.54, 1.807) is 22.6 Å². The van der Waals surface area contributed by atoms with Crippen LogP contribution in [-0.4, -0.2) is 25.7 Å². The maximum atomic E-state index is 13.3. The van der Waals surface area contributed by atoms with Gasteiger partial charge in [-0.05, 0) is 66.6 Å². The van der Waals surface area contributed by atoms with Gasteiger partial charge in [-0.15, -0.1) is 21.5 Å². The van der Waals surface area contributed by atoms with Crippen LogP contribution in [0.5, 0.6) is 0 Å². The molecule has 4 heterocycles. The highest BCUT2D eigenvalue weighted by Crippen LogP contribution is 2.34. The molecule has 0 radical (unpaired) electrons. The summed E-state index contributed by atoms with van der Waals surface area (Å²) in [7, 11) is 0. The van der Waals surface area contributed by atoms with E-state index in [2.05, 4.69) is 54.5 Å². The highest BCUT2D eigenvalue weighted by molar-refractivity contribution is 7.10. The number of pyridine rings is 1. The molecule has 1 aromatic carbocycles. The van der Waals surface area contributed by atoms with Gasteiger partial charge in [0.05, 0.1) is 6.54 Å². The molecule has 4 aromatic rings. The van der Waals surface area contributed by atoms with Crippen molar-refractivity contribution in [3.63, 3.8) is 0 Å². The fourth-order valence-corrected chi connectivity index (χ4v) is 4.88. The van der Waals surface area contributed by atoms with E-state index >= 15 is 0 Å². The van der Waals surface area contributed by atoms with E-state index in [9.17, 15) is 4.79 Å². The summed E-state index contributed by atoms with van der Waals surface area (Å²) in [4.78, 5) is 21.1. The minimum absolute atomic E-state index is 0.0138. The third-order valence-electron chi connectivity index (χ3n) is 5.66. The molecule has 7 heteroatoms. The van der Waals surface area contributed by atoms with Gasteiger partial charge >= 0.3 is 0 Å². The number of hydrogen-bond donors (Lipinski definition) is 0. The van der Waals surface area contributed by atoms with Gasteiger partial charge in [-0.3, -0.25) is 9.69 Å². The van der Waals surface area contributed by atoms with Crippen molar-refractivity contribution in [1.29, 1.82) is 0 Å². The number of rotatable bonds is 5. The Morgan fingerprint density at radius 1 is 1.13 bits per heavy atom. The molecule has 0 N–H and O–H groups in total. The quantitative estimate of drug-likeness (QED) is 0.428. The number of anilines is 1. The Bertz CT molecular complexity index is 1270. The molecular formula is C24H23N5OS. The maximum absolute atomic E-state index is 13.3. The van der Waals surface area contributed by atoms with Gasteiger partial charge in [0.2, 0.25) is 0 Å². The number of aryl methyl sites for hydroxylation is 1. The van der Waals surface area contributed by atoms with E-state index < -0.39 is 0 Å². The van der Waals surface area contributed by atoms with Crippen LogP contribution >= 0.6 is 11.3 Å². The number of benzene rings is 1. The summed E-state index contributed by atoms with van der Waals surface area (Å²) in [6, 6.07) is 14.3. The van der Waals surface area contributed by atoms with Crippen LogP contribution in [0.25, 0.3) is 22.6 Å². The zero-order valence-electron chi connectivity index (χ0n) is 17.7. The van der Waals surface area contributed by atoms with Crippen LogP contribution in [0, 0.1) is 0 Å². The van der Waals surface area contributed by atoms with Crippen molar-refractivity contribution in [1.82, 2.24) is 19.7 Å². The Morgan fingerprint density at radius 2 is 2.00 bits per heavy atom. The molecule has 3 aromatic heterocycles. The third-order valence-corrected chi connectivity index (χ3v) is 6.73. The molecule has 0 spiro atoms. The summed E-state index contributed by atoms with van der Waals surface area (Å²) >= 11 is 1.76. The summed E-state index contributed by atoms with van der Waals surface area (Å²) in [6.07, 6.45) is 2.70. The number of amides is 1. The summed E-state index contributed by atoms with van der Waals surface area (Å²) in [5.74, 6) is 1.32. The molecule has 1 amide bonds. The van der Waals surface area contributed by atoms with E-state index in [1.807, 2.05) is 28.8 Å². The second-order valence-electron chi connectivity index (χ2n) is 7.91. The summed E-state index contributed by atoms with van der Waals surface area (Å²) in [5.41, 5.74) is 4.80. The zero-order valence-corrected chi connectivity index (χ0v) is 18.6. The predicted molar refractivity (Wildman–Crippen MR) is 123 cm³/mol. The monoisotopic (exact) mass is 429 g/mol. The van der Waals surface area contributed by atoms with Crippen molar-refractivity contribution in [2.24, 2.45) is 0 Å². The molecule has 0 atom stereocenters. The van der Waals surface area contributed by atoms with Gasteiger partial charge in [-0.1, -0.05) is 25.1 Å². The Labute approximate surface area is 185 Å². The first kappa shape index (κ1) is 19.6. The fraction of sp³-hybridized carbons (Fsp3) is 0.250. The van der Waals surface area contributed by atoms with Crippen molar-refractivity contribution in [2.75, 3.05) is 4.90 Å². The number of aromatic nitrogens is 4. The molecule has 31 heavy (non-hydrogen) atoms. The Kier molecular flexibility index (Phi) is 4.90. The lowest BCUT2D eigenvalue weighted by Gasteiger charge is -2.16. The normalized spacial score (nSPS) is 13.3. The van der Waals surface area contributed by atoms with Gasteiger partial charge in [0.1, 0.15) is 17.8 Å². The lowest BCUT2D eigenvalue weighted by Crippen LogP contribution is -2.24. The largest absolute Gasteiger partial charge is 0.310 e. The average Bonchev–Trinajstić information content (AvgIpc) is 3.52. The maximum Gasteiger partial charge on any atom is 0.260 e. The van der Waals surface area contributed by atoms with E-state index in [0.717, 1.165) is 23.1 Å². The van der Waals surface area contributed by atoms with Crippen LogP contribution in [0.15, 0.2) is 54.2 Å². The highest BCUT2D eigenvalue weighted by Gasteiger charge is 2.30. The molecule has 1 aliphatic heterocycles. The molecule has 156 valence electrons. The van der Waals surface area contributed by atoms with Crippen LogP contribution < -0.4 is 4.90 Å². The minimum atomic E-state index is -0.0138. The first-order chi connectivity index (χ1) is 15.1. The van der Waals surface area contributed by atoms with Crippen molar-refractivity contribution < 1.29 is 4.79 Å². The predicted octanol–water partition coefficient (Wildman–Crippen LogP) is 5.37. The van der Waals surface area contributed by atoms with Crippen molar-refractivity contribution in [3.8, 4) is 22.6 Å². The Morgan fingerprint density at radius 3 is 2.81 bits per heavy atom. The number of nitrogens with zero attached hydrogens (tertiary/aromatic N) is 5. The zero-order chi connectivity index (χ0) is 21.5. The van der Waals surface area contributed by atoms with Gasteiger partial charge in [-0.25, -0.2) is 4.98 Å². The molecule has 0 bridgehead atoms. The number of carbonyl (C=O) groups is 1. The third kappa shape index (κ3) is 3.35. The SMILES string of the molecule is CCc1sccc1-c1ccc2c(c1)C(=O)N(c1cccc(-c3nncn3C(C)C)n1)C2. The van der Waals surface area contributed by atoms with Gasteiger partial charge in [0, 0.05) is 16.5 Å². The van der Waals surface area contributed by atoms with Crippen LogP contribution in [-0.2, 0) is 13.0 Å². The Hall–Kier alpha value is -3.32. The topological polar surface area (TPSA) is 63.9 Å². The van der Waals surface area contributed by atoms with Gasteiger partial charge < -0.3 is 4.57 Å². The van der Waals surface area contributed by atoms with Crippen molar-refractivity contribution in [3.05, 3.63) is 70.2 Å². The first-order valence-corrected chi connectivity index (χ1v) is 11.3. The molecule has 0 unspecified atom stereocenters. The van der Waals surface area contributed by atoms with Gasteiger partial charge in [0.25, 0.3) is 5.91 Å². The molecule has 1 aliphatic rings. The summed E-state index contributed by atoms with van der Waals surface area (Å²) in [6.45, 7) is 6.83. The Balaban J connectivity index is 1.48. The van der Waals surface area contributed by atoms with Crippen molar-refractivity contribution in [2.45, 2.75) is 39.8 Å². The van der Waals surface area contributed by atoms with Crippen LogP contribution in [0.1, 0.15) is 47.6 Å². The molecule has 0 aliphatic carbocycles. The van der Waals surface area contributed by atoms with E-state index in [-0.39, 0.29) is 11.9 Å². The van der Waals surface area contributed by atoms with Crippen molar-refractivity contribution >= 4 is 23.1 Å². The standard InChI is InChI=1S/C24H23N5OS/c1-4-21-18(10-11-31-21)16-8-9-17-13-28(24(30)19(17)12-16)22-7-5-6-20(26-22)23-27-25-14-29(23)15(2)3/h5-12,14-15H,4,13H2,1-3H3. The lowest BCUT2D eigenvalue weighted by atomic mass is 10.0. The fourth-order valence-electron chi connectivity index (χ4n) is 4.03. The highest BCUT2D eigenvalue weighted by atomic mass is 32.1. The summed E-state index contributed by atoms with van der Waals surface area (Å²) in [5, 5.41) is 10.4. The number of carbonyl (C=O) groups excluding carboxylic acids is 1. The molecule has 0 fully saturated rings. The molecule has 5 rings (SSSR count). The number of fused-ring (bicyclic) bond motifs is 1. The van der Waals surface area contributed by atoms with E-state index in [1.165, 1.54) is 10.4 Å². The smallest absolute Gasteiger partial charge is 0.260 e. The lowest BCUT2D eigenvalue weighted by molar-refractivity contribution is 0.0996. The second kappa shape index (κ2) is 7.74. The van der Waals surface area contributed by atoms with Crippen LogP contribution in [0.3, 0.4) is 0 Å². The molecule has 6 nitrogen and oxygen atoms in total. The average molecular weight is 430 g/mol. The van der Waals surface area contributed by atoms with E-state index in [0.29, 0.717) is 23.9 Å². The molecular weight excluding hydrogens is 406 g/mol. The number of thiophene rings is 1. The number of hydrogen-bond acceptors (Lipinski definition) is 5. The van der Waals surface area contributed by atoms with Gasteiger partial charge in [0.15, 0.2) is 5.82 Å². The minimum Gasteiger partial charge on any atom is -0.310 e. The van der Waals surface area contributed by atoms with Crippen LogP contribution in [0.2, 0.25) is 0 Å². The molecule has 0 saturated carbocycles. The van der Waals surface area contributed by atoms with Gasteiger partial charge in [-0.2, -0.15) is 0 Å². The van der Waals surface area contributed by atoms with Crippen LogP contribution in [0.4, 0.5) is 5.82 Å². The summed E-state index contributed by atoms with van der Waals surface area (Å²) < 4.78 is 1.98. The first-order valence-electron chi connectivity index (χ1n) is 10.4. The second-order valence-corrected chi connectivity index (χ2v) is 8.91. The molecule has 0 saturated heterocycles.